The van der Waals surface area contributed by atoms with Crippen LogP contribution in [0.2, 0.25) is 20.1 Å². The molecule has 61 heavy (non-hydrogen) atoms. The molecule has 324 valence electrons. The summed E-state index contributed by atoms with van der Waals surface area (Å²) < 4.78 is 0.846. The Hall–Kier alpha value is -3.44. The molecule has 0 radical (unpaired) electrons. The fraction of sp³-hybridized carbons (Fsp3) is 0.333. The molecule has 0 saturated heterocycles. The third-order valence-corrected chi connectivity index (χ3v) is 12.7. The Morgan fingerprint density at radius 1 is 0.410 bits per heavy atom. The van der Waals surface area contributed by atoms with Gasteiger partial charge in [-0.1, -0.05) is 178 Å². The van der Waals surface area contributed by atoms with Gasteiger partial charge in [0.1, 0.15) is 0 Å². The Balaban J connectivity index is 0.000000228. The van der Waals surface area contributed by atoms with Gasteiger partial charge in [-0.25, -0.2) is 0 Å². The highest BCUT2D eigenvalue weighted by molar-refractivity contribution is 9.10. The maximum Gasteiger partial charge on any atom is 0.0832 e. The summed E-state index contributed by atoms with van der Waals surface area (Å²) in [5.74, 6) is 0. The molecule has 6 rings (SSSR count). The van der Waals surface area contributed by atoms with E-state index in [-0.39, 0.29) is 21.7 Å². The molecule has 0 heterocycles. The molecule has 0 bridgehead atoms. The molecule has 2 nitrogen and oxygen atoms in total. The van der Waals surface area contributed by atoms with Crippen molar-refractivity contribution < 1.29 is 0 Å². The van der Waals surface area contributed by atoms with E-state index in [1.165, 1.54) is 22.3 Å². The first-order chi connectivity index (χ1) is 28.1. The topological polar surface area (TPSA) is 15.3 Å². The lowest BCUT2D eigenvalue weighted by Crippen LogP contribution is -2.14. The van der Waals surface area contributed by atoms with E-state index >= 15 is 0 Å². The lowest BCUT2D eigenvalue weighted by Gasteiger charge is -2.29. The summed E-state index contributed by atoms with van der Waals surface area (Å²) in [7, 11) is 0. The van der Waals surface area contributed by atoms with Gasteiger partial charge in [-0.3, -0.25) is 0 Å². The van der Waals surface area contributed by atoms with Crippen LogP contribution in [0.5, 0.6) is 0 Å². The van der Waals surface area contributed by atoms with Crippen molar-refractivity contribution in [3.63, 3.8) is 0 Å². The van der Waals surface area contributed by atoms with E-state index in [2.05, 4.69) is 212 Å². The molecule has 0 amide bonds. The minimum atomic E-state index is 0.0992. The zero-order valence-corrected chi connectivity index (χ0v) is 43.0. The molecule has 0 aliphatic rings. The molecular formula is C54H63BrCl4N2. The number of hydrogen-bond acceptors (Lipinski definition) is 2. The lowest BCUT2D eigenvalue weighted by atomic mass is 9.86. The van der Waals surface area contributed by atoms with E-state index in [1.54, 1.807) is 0 Å². The number of halogens is 5. The van der Waals surface area contributed by atoms with Crippen LogP contribution in [0.3, 0.4) is 0 Å². The van der Waals surface area contributed by atoms with Gasteiger partial charge in [0.2, 0.25) is 0 Å². The molecule has 6 aromatic rings. The third kappa shape index (κ3) is 14.3. The Labute approximate surface area is 396 Å². The summed E-state index contributed by atoms with van der Waals surface area (Å²) in [6.45, 7) is 30.8. The van der Waals surface area contributed by atoms with E-state index in [4.69, 9.17) is 46.4 Å². The van der Waals surface area contributed by atoms with Crippen molar-refractivity contribution in [3.8, 4) is 0 Å². The van der Waals surface area contributed by atoms with Crippen molar-refractivity contribution in [2.45, 2.75) is 119 Å². The second kappa shape index (κ2) is 20.4. The Morgan fingerprint density at radius 2 is 0.705 bits per heavy atom. The van der Waals surface area contributed by atoms with Crippen molar-refractivity contribution >= 4 is 90.8 Å². The van der Waals surface area contributed by atoms with E-state index in [0.29, 0.717) is 20.1 Å². The molecule has 0 unspecified atom stereocenters. The molecule has 7 heteroatoms. The molecule has 0 aliphatic carbocycles. The van der Waals surface area contributed by atoms with Crippen LogP contribution in [0.1, 0.15) is 116 Å². The predicted molar refractivity (Wildman–Crippen MR) is 276 cm³/mol. The summed E-state index contributed by atoms with van der Waals surface area (Å²) in [5.41, 5.74) is 13.3. The van der Waals surface area contributed by atoms with Crippen LogP contribution in [0, 0.1) is 13.8 Å². The molecule has 1 N–H and O–H groups in total. The van der Waals surface area contributed by atoms with E-state index < -0.39 is 0 Å². The number of aryl methyl sites for hydroxylation is 2. The number of hydrogen-bond donors (Lipinski definition) is 1. The molecular weight excluding hydrogens is 898 g/mol. The predicted octanol–water partition coefficient (Wildman–Crippen LogP) is 19.5. The van der Waals surface area contributed by atoms with Crippen molar-refractivity contribution in [2.75, 3.05) is 10.2 Å². The van der Waals surface area contributed by atoms with Crippen LogP contribution in [0.25, 0.3) is 0 Å². The molecule has 0 aliphatic heterocycles. The summed E-state index contributed by atoms with van der Waals surface area (Å²) in [6.07, 6.45) is 0. The number of rotatable bonds is 5. The smallest absolute Gasteiger partial charge is 0.0832 e. The highest BCUT2D eigenvalue weighted by Crippen LogP contribution is 2.43. The second-order valence-electron chi connectivity index (χ2n) is 19.8. The standard InChI is InChI=1S/C27H31Cl2N.C20H27N.C7H5BrCl2/c1-18-16-23(28)25(29)24(17-18)30(21-12-8-19(9-13-21)26(2,3)4)22-14-10-20(11-15-22)27(5,6)7;1-19(2,3)15-7-11-17(12-8-15)21-18-13-9-16(10-14-18)20(4,5)6;1-4-2-5(8)7(10)6(9)3-4/h8-17H,1-7H3;7-14,21H,1-6H3;2-3H,1H3. The Morgan fingerprint density at radius 3 is 1.02 bits per heavy atom. The van der Waals surface area contributed by atoms with Gasteiger partial charge >= 0.3 is 0 Å². The van der Waals surface area contributed by atoms with Crippen LogP contribution in [0.4, 0.5) is 28.4 Å². The maximum absolute atomic E-state index is 6.69. The number of anilines is 5. The van der Waals surface area contributed by atoms with Crippen LogP contribution in [-0.2, 0) is 21.7 Å². The number of nitrogens with zero attached hydrogens (tertiary/aromatic N) is 1. The van der Waals surface area contributed by atoms with Gasteiger partial charge in [0.25, 0.3) is 0 Å². The quantitative estimate of drug-likeness (QED) is 0.173. The molecule has 0 atom stereocenters. The van der Waals surface area contributed by atoms with Crippen molar-refractivity contribution in [3.05, 3.63) is 179 Å². The monoisotopic (exact) mass is 958 g/mol. The van der Waals surface area contributed by atoms with Crippen molar-refractivity contribution in [2.24, 2.45) is 0 Å². The SMILES string of the molecule is CC(C)(C)c1ccc(Nc2ccc(C(C)(C)C)cc2)cc1.Cc1cc(Cl)c(Cl)c(Br)c1.Cc1cc(Cl)c(Cl)c(N(c2ccc(C(C)(C)C)cc2)c2ccc(C(C)(C)C)cc2)c1. The van der Waals surface area contributed by atoms with Crippen LogP contribution < -0.4 is 10.2 Å². The highest BCUT2D eigenvalue weighted by Gasteiger charge is 2.21. The fourth-order valence-corrected chi connectivity index (χ4v) is 8.01. The molecule has 0 spiro atoms. The van der Waals surface area contributed by atoms with E-state index in [1.807, 2.05) is 32.0 Å². The molecule has 0 fully saturated rings. The largest absolute Gasteiger partial charge is 0.356 e. The van der Waals surface area contributed by atoms with E-state index in [9.17, 15) is 0 Å². The molecule has 0 saturated carbocycles. The van der Waals surface area contributed by atoms with Gasteiger partial charge < -0.3 is 10.2 Å². The average Bonchev–Trinajstić information content (AvgIpc) is 3.16. The Kier molecular flexibility index (Phi) is 16.8. The number of benzene rings is 6. The second-order valence-corrected chi connectivity index (χ2v) is 22.3. The van der Waals surface area contributed by atoms with Gasteiger partial charge in [0.15, 0.2) is 0 Å². The normalized spacial score (nSPS) is 11.9. The van der Waals surface area contributed by atoms with Gasteiger partial charge in [-0.15, -0.1) is 0 Å². The highest BCUT2D eigenvalue weighted by atomic mass is 79.9. The van der Waals surface area contributed by atoms with Crippen LogP contribution in [0.15, 0.2) is 126 Å². The summed E-state index contributed by atoms with van der Waals surface area (Å²) in [6, 6.07) is 42.5. The fourth-order valence-electron chi connectivity index (χ4n) is 6.47. The molecule has 6 aromatic carbocycles. The summed E-state index contributed by atoms with van der Waals surface area (Å²) in [4.78, 5) is 2.18. The maximum atomic E-state index is 6.69. The summed E-state index contributed by atoms with van der Waals surface area (Å²) >= 11 is 28.0. The van der Waals surface area contributed by atoms with Crippen LogP contribution in [-0.4, -0.2) is 0 Å². The van der Waals surface area contributed by atoms with Crippen molar-refractivity contribution in [1.29, 1.82) is 0 Å². The van der Waals surface area contributed by atoms with Gasteiger partial charge in [0, 0.05) is 27.2 Å². The average molecular weight is 962 g/mol. The third-order valence-electron chi connectivity index (χ3n) is 10.3. The first-order valence-corrected chi connectivity index (χ1v) is 23.0. The molecule has 0 aromatic heterocycles. The minimum absolute atomic E-state index is 0.0992. The van der Waals surface area contributed by atoms with E-state index in [0.717, 1.165) is 44.0 Å². The number of nitrogens with one attached hydrogen (secondary N) is 1. The van der Waals surface area contributed by atoms with Crippen molar-refractivity contribution in [1.82, 2.24) is 0 Å². The minimum Gasteiger partial charge on any atom is -0.356 e. The van der Waals surface area contributed by atoms with Gasteiger partial charge in [-0.05, 0) is 158 Å². The van der Waals surface area contributed by atoms with Crippen LogP contribution >= 0.6 is 62.3 Å². The van der Waals surface area contributed by atoms with Gasteiger partial charge in [-0.2, -0.15) is 0 Å². The lowest BCUT2D eigenvalue weighted by molar-refractivity contribution is 0.590. The Bertz CT molecular complexity index is 2220. The first-order valence-electron chi connectivity index (χ1n) is 20.7. The zero-order valence-electron chi connectivity index (χ0n) is 38.4. The summed E-state index contributed by atoms with van der Waals surface area (Å²) in [5, 5.41) is 5.75. The van der Waals surface area contributed by atoms with Gasteiger partial charge in [0.05, 0.1) is 25.8 Å². The zero-order chi connectivity index (χ0) is 45.7. The first kappa shape index (κ1) is 50.2.